The fourth-order valence-electron chi connectivity index (χ4n) is 1.83. The second-order valence-electron chi connectivity index (χ2n) is 4.49. The molecule has 18 heavy (non-hydrogen) atoms. The fourth-order valence-corrected chi connectivity index (χ4v) is 1.83. The molecule has 0 spiro atoms. The van der Waals surface area contributed by atoms with Crippen molar-refractivity contribution in [3.8, 4) is 11.3 Å². The molecule has 0 aliphatic heterocycles. The van der Waals surface area contributed by atoms with Gasteiger partial charge in [0.2, 0.25) is 0 Å². The van der Waals surface area contributed by atoms with Gasteiger partial charge in [0.05, 0.1) is 12.2 Å². The molecule has 3 rings (SSSR count). The molecule has 1 aliphatic carbocycles. The molecule has 1 N–H and O–H groups in total. The van der Waals surface area contributed by atoms with E-state index in [1.54, 1.807) is 24.4 Å². The van der Waals surface area contributed by atoms with Gasteiger partial charge in [-0.2, -0.15) is 0 Å². The van der Waals surface area contributed by atoms with Crippen molar-refractivity contribution in [1.29, 1.82) is 0 Å². The van der Waals surface area contributed by atoms with E-state index in [0.717, 1.165) is 0 Å². The highest BCUT2D eigenvalue weighted by Crippen LogP contribution is 2.21. The number of hydrogen-bond donors (Lipinski definition) is 1. The summed E-state index contributed by atoms with van der Waals surface area (Å²) >= 11 is 0. The average molecular weight is 243 g/mol. The summed E-state index contributed by atoms with van der Waals surface area (Å²) < 4.78 is 13.7. The van der Waals surface area contributed by atoms with Crippen molar-refractivity contribution in [2.24, 2.45) is 0 Å². The summed E-state index contributed by atoms with van der Waals surface area (Å²) in [5.74, 6) is 0.458. The molecule has 1 aromatic heterocycles. The Balaban J connectivity index is 1.83. The molecule has 1 aliphatic rings. The van der Waals surface area contributed by atoms with Crippen molar-refractivity contribution in [2.45, 2.75) is 25.4 Å². The van der Waals surface area contributed by atoms with Crippen molar-refractivity contribution in [1.82, 2.24) is 15.3 Å². The highest BCUT2D eigenvalue weighted by atomic mass is 19.1. The quantitative estimate of drug-likeness (QED) is 0.896. The van der Waals surface area contributed by atoms with E-state index >= 15 is 0 Å². The first-order chi connectivity index (χ1) is 8.83. The molecule has 1 aromatic carbocycles. The smallest absolute Gasteiger partial charge is 0.142 e. The predicted molar refractivity (Wildman–Crippen MR) is 67.3 cm³/mol. The maximum Gasteiger partial charge on any atom is 0.142 e. The van der Waals surface area contributed by atoms with E-state index < -0.39 is 0 Å². The molecule has 0 unspecified atom stereocenters. The van der Waals surface area contributed by atoms with Gasteiger partial charge in [-0.25, -0.2) is 14.4 Å². The molecule has 92 valence electrons. The van der Waals surface area contributed by atoms with Crippen LogP contribution in [0.3, 0.4) is 0 Å². The van der Waals surface area contributed by atoms with Crippen LogP contribution in [0.5, 0.6) is 0 Å². The summed E-state index contributed by atoms with van der Waals surface area (Å²) in [6.45, 7) is 0.646. The van der Waals surface area contributed by atoms with Crippen LogP contribution < -0.4 is 5.32 Å². The minimum absolute atomic E-state index is 0.252. The van der Waals surface area contributed by atoms with E-state index in [1.165, 1.54) is 18.9 Å². The molecule has 1 heterocycles. The average Bonchev–Trinajstić information content (AvgIpc) is 3.21. The number of nitrogens with one attached hydrogen (secondary N) is 1. The lowest BCUT2D eigenvalue weighted by Gasteiger charge is -2.05. The van der Waals surface area contributed by atoms with Crippen molar-refractivity contribution >= 4 is 0 Å². The molecular weight excluding hydrogens is 229 g/mol. The Morgan fingerprint density at radius 1 is 1.22 bits per heavy atom. The Bertz CT molecular complexity index is 552. The van der Waals surface area contributed by atoms with Gasteiger partial charge in [0.15, 0.2) is 0 Å². The maximum atomic E-state index is 13.7. The van der Waals surface area contributed by atoms with Gasteiger partial charge in [-0.15, -0.1) is 0 Å². The lowest BCUT2D eigenvalue weighted by atomic mass is 10.1. The summed E-state index contributed by atoms with van der Waals surface area (Å²) in [5, 5.41) is 3.35. The van der Waals surface area contributed by atoms with Crippen LogP contribution in [0.25, 0.3) is 11.3 Å². The molecule has 0 saturated heterocycles. The van der Waals surface area contributed by atoms with E-state index in [-0.39, 0.29) is 5.82 Å². The largest absolute Gasteiger partial charge is 0.307 e. The third-order valence-corrected chi connectivity index (χ3v) is 2.98. The van der Waals surface area contributed by atoms with E-state index in [4.69, 9.17) is 0 Å². The second-order valence-corrected chi connectivity index (χ2v) is 4.49. The first kappa shape index (κ1) is 11.3. The summed E-state index contributed by atoms with van der Waals surface area (Å²) in [6.07, 6.45) is 4.14. The van der Waals surface area contributed by atoms with E-state index in [9.17, 15) is 4.39 Å². The van der Waals surface area contributed by atoms with Crippen LogP contribution in [0.2, 0.25) is 0 Å². The molecular formula is C14H14FN3. The van der Waals surface area contributed by atoms with Crippen LogP contribution in [0, 0.1) is 5.82 Å². The summed E-state index contributed by atoms with van der Waals surface area (Å²) in [5.41, 5.74) is 1.16. The van der Waals surface area contributed by atoms with Gasteiger partial charge < -0.3 is 5.32 Å². The van der Waals surface area contributed by atoms with Crippen molar-refractivity contribution < 1.29 is 4.39 Å². The van der Waals surface area contributed by atoms with E-state index in [1.807, 2.05) is 6.07 Å². The number of rotatable bonds is 4. The highest BCUT2D eigenvalue weighted by Gasteiger charge is 2.20. The number of hydrogen-bond acceptors (Lipinski definition) is 3. The Labute approximate surface area is 105 Å². The van der Waals surface area contributed by atoms with Gasteiger partial charge in [0.25, 0.3) is 0 Å². The SMILES string of the molecule is Fc1ccccc1-c1ccnc(CNC2CC2)n1. The van der Waals surface area contributed by atoms with Crippen LogP contribution in [-0.2, 0) is 6.54 Å². The van der Waals surface area contributed by atoms with Gasteiger partial charge in [-0.05, 0) is 31.0 Å². The van der Waals surface area contributed by atoms with Gasteiger partial charge >= 0.3 is 0 Å². The summed E-state index contributed by atoms with van der Waals surface area (Å²) in [7, 11) is 0. The normalized spacial score (nSPS) is 14.7. The number of nitrogens with zero attached hydrogens (tertiary/aromatic N) is 2. The summed E-state index contributed by atoms with van der Waals surface area (Å²) in [4.78, 5) is 8.59. The van der Waals surface area contributed by atoms with Gasteiger partial charge in [-0.1, -0.05) is 12.1 Å². The lowest BCUT2D eigenvalue weighted by Crippen LogP contribution is -2.17. The predicted octanol–water partition coefficient (Wildman–Crippen LogP) is 2.53. The highest BCUT2D eigenvalue weighted by molar-refractivity contribution is 5.59. The Hall–Kier alpha value is -1.81. The molecule has 0 amide bonds. The molecule has 0 bridgehead atoms. The maximum absolute atomic E-state index is 13.7. The van der Waals surface area contributed by atoms with Crippen molar-refractivity contribution in [3.63, 3.8) is 0 Å². The minimum atomic E-state index is -0.252. The number of aromatic nitrogens is 2. The third-order valence-electron chi connectivity index (χ3n) is 2.98. The van der Waals surface area contributed by atoms with Gasteiger partial charge in [-0.3, -0.25) is 0 Å². The zero-order valence-electron chi connectivity index (χ0n) is 9.94. The topological polar surface area (TPSA) is 37.8 Å². The van der Waals surface area contributed by atoms with Gasteiger partial charge in [0, 0.05) is 17.8 Å². The molecule has 0 atom stereocenters. The fraction of sp³-hybridized carbons (Fsp3) is 0.286. The van der Waals surface area contributed by atoms with Crippen LogP contribution in [-0.4, -0.2) is 16.0 Å². The molecule has 1 fully saturated rings. The molecule has 1 saturated carbocycles. The van der Waals surface area contributed by atoms with Crippen LogP contribution >= 0.6 is 0 Å². The first-order valence-corrected chi connectivity index (χ1v) is 6.13. The summed E-state index contributed by atoms with van der Waals surface area (Å²) in [6, 6.07) is 9.01. The second kappa shape index (κ2) is 4.82. The molecule has 2 aromatic rings. The zero-order chi connectivity index (χ0) is 12.4. The van der Waals surface area contributed by atoms with Crippen LogP contribution in [0.1, 0.15) is 18.7 Å². The van der Waals surface area contributed by atoms with E-state index in [2.05, 4.69) is 15.3 Å². The first-order valence-electron chi connectivity index (χ1n) is 6.13. The van der Waals surface area contributed by atoms with Crippen molar-refractivity contribution in [2.75, 3.05) is 0 Å². The van der Waals surface area contributed by atoms with Crippen LogP contribution in [0.4, 0.5) is 4.39 Å². The van der Waals surface area contributed by atoms with Crippen LogP contribution in [0.15, 0.2) is 36.5 Å². The van der Waals surface area contributed by atoms with Crippen molar-refractivity contribution in [3.05, 3.63) is 48.2 Å². The molecule has 4 heteroatoms. The molecule has 0 radical (unpaired) electrons. The Morgan fingerprint density at radius 3 is 2.83 bits per heavy atom. The Kier molecular flexibility index (Phi) is 3.02. The standard InChI is InChI=1S/C14H14FN3/c15-12-4-2-1-3-11(12)13-7-8-16-14(18-13)9-17-10-5-6-10/h1-4,7-8,10,17H,5-6,9H2. The Morgan fingerprint density at radius 2 is 2.06 bits per heavy atom. The van der Waals surface area contributed by atoms with E-state index in [0.29, 0.717) is 29.7 Å². The van der Waals surface area contributed by atoms with Gasteiger partial charge in [0.1, 0.15) is 11.6 Å². The molecule has 3 nitrogen and oxygen atoms in total. The number of benzene rings is 1. The zero-order valence-corrected chi connectivity index (χ0v) is 9.94. The third kappa shape index (κ3) is 2.54. The monoisotopic (exact) mass is 243 g/mol. The number of halogens is 1. The minimum Gasteiger partial charge on any atom is -0.307 e. The lowest BCUT2D eigenvalue weighted by molar-refractivity contribution is 0.629.